The lowest BCUT2D eigenvalue weighted by molar-refractivity contribution is 0.394. The fourth-order valence-electron chi connectivity index (χ4n) is 5.38. The first-order chi connectivity index (χ1) is 17.7. The highest BCUT2D eigenvalue weighted by molar-refractivity contribution is 5.80. The number of nitrogens with zero attached hydrogens (tertiary/aromatic N) is 6. The molecule has 0 spiro atoms. The molecule has 36 heavy (non-hydrogen) atoms. The molecule has 2 unspecified atom stereocenters. The lowest BCUT2D eigenvalue weighted by Crippen LogP contribution is -2.23. The highest BCUT2D eigenvalue weighted by atomic mass is 16.3. The van der Waals surface area contributed by atoms with Crippen LogP contribution in [0.5, 0.6) is 0 Å². The van der Waals surface area contributed by atoms with E-state index < -0.39 is 0 Å². The van der Waals surface area contributed by atoms with Gasteiger partial charge < -0.3 is 4.57 Å². The lowest BCUT2D eigenvalue weighted by atomic mass is 9.90. The van der Waals surface area contributed by atoms with E-state index in [4.69, 9.17) is 4.98 Å². The van der Waals surface area contributed by atoms with Crippen LogP contribution in [0.15, 0.2) is 53.7 Å². The molecule has 0 radical (unpaired) electrons. The van der Waals surface area contributed by atoms with Gasteiger partial charge in [0.15, 0.2) is 0 Å². The van der Waals surface area contributed by atoms with Gasteiger partial charge in [-0.15, -0.1) is 10.2 Å². The number of nitroso groups, excluding NO2 is 1. The maximum atomic E-state index is 11.8. The van der Waals surface area contributed by atoms with Gasteiger partial charge in [0, 0.05) is 12.0 Å². The average molecular weight is 484 g/mol. The quantitative estimate of drug-likeness (QED) is 0.256. The molecule has 1 N–H and O–H groups in total. The number of hydrogen-bond donors (Lipinski definition) is 1. The van der Waals surface area contributed by atoms with E-state index in [1.54, 1.807) is 0 Å². The van der Waals surface area contributed by atoms with Crippen LogP contribution < -0.4 is 0 Å². The van der Waals surface area contributed by atoms with Gasteiger partial charge in [0.25, 0.3) is 0 Å². The number of hydrogen-bond acceptors (Lipinski definition) is 6. The second kappa shape index (κ2) is 10.9. The van der Waals surface area contributed by atoms with E-state index in [9.17, 15) is 4.91 Å². The van der Waals surface area contributed by atoms with Crippen molar-refractivity contribution < 1.29 is 0 Å². The molecule has 2 atom stereocenters. The summed E-state index contributed by atoms with van der Waals surface area (Å²) in [5, 5.41) is 18.1. The monoisotopic (exact) mass is 483 g/mol. The summed E-state index contributed by atoms with van der Waals surface area (Å²) in [6, 6.07) is 16.7. The molecule has 8 nitrogen and oxygen atoms in total. The number of aromatic nitrogens is 6. The van der Waals surface area contributed by atoms with Gasteiger partial charge in [-0.25, -0.2) is 4.98 Å². The summed E-state index contributed by atoms with van der Waals surface area (Å²) in [4.78, 5) is 16.9. The number of H-pyrrole nitrogens is 1. The number of nitrogens with one attached hydrogen (secondary N) is 1. The van der Waals surface area contributed by atoms with E-state index in [0.29, 0.717) is 5.82 Å². The fourth-order valence-corrected chi connectivity index (χ4v) is 5.38. The van der Waals surface area contributed by atoms with E-state index in [0.717, 1.165) is 85.3 Å². The molecule has 186 valence electrons. The smallest absolute Gasteiger partial charge is 0.205 e. The van der Waals surface area contributed by atoms with Crippen molar-refractivity contribution in [2.45, 2.75) is 77.3 Å². The molecular weight excluding hydrogens is 450 g/mol. The molecule has 0 saturated carbocycles. The minimum atomic E-state index is -0.308. The molecular formula is C28H33N7O. The normalized spacial score (nSPS) is 17.2. The molecule has 1 aliphatic heterocycles. The summed E-state index contributed by atoms with van der Waals surface area (Å²) in [6.07, 6.45) is 7.84. The van der Waals surface area contributed by atoms with Crippen molar-refractivity contribution in [3.05, 3.63) is 76.2 Å². The summed E-state index contributed by atoms with van der Waals surface area (Å²) >= 11 is 0. The number of imidazole rings is 1. The SMILES string of the molecule is CCCCc1nc(CCCC)n2c1C(N=O)CCC2c1ccc(-c2ccccc2-c2nn[nH]n2)cc1. The predicted molar refractivity (Wildman–Crippen MR) is 140 cm³/mol. The van der Waals surface area contributed by atoms with Crippen LogP contribution in [0.1, 0.15) is 87.2 Å². The predicted octanol–water partition coefficient (Wildman–Crippen LogP) is 6.61. The van der Waals surface area contributed by atoms with Gasteiger partial charge in [0.1, 0.15) is 11.9 Å². The third kappa shape index (κ3) is 4.59. The number of unbranched alkanes of at least 4 members (excludes halogenated alkanes) is 2. The molecule has 3 heterocycles. The number of fused-ring (bicyclic) bond motifs is 1. The Morgan fingerprint density at radius 2 is 1.72 bits per heavy atom. The Morgan fingerprint density at radius 3 is 2.42 bits per heavy atom. The first kappa shape index (κ1) is 24.0. The first-order valence-electron chi connectivity index (χ1n) is 13.1. The zero-order valence-electron chi connectivity index (χ0n) is 21.0. The molecule has 0 bridgehead atoms. The molecule has 1 aliphatic rings. The Balaban J connectivity index is 1.53. The zero-order valence-corrected chi connectivity index (χ0v) is 21.0. The van der Waals surface area contributed by atoms with E-state index in [1.165, 1.54) is 5.56 Å². The van der Waals surface area contributed by atoms with Crippen LogP contribution in [0.25, 0.3) is 22.5 Å². The van der Waals surface area contributed by atoms with Gasteiger partial charge in [-0.2, -0.15) is 10.1 Å². The second-order valence-corrected chi connectivity index (χ2v) is 9.55. The highest BCUT2D eigenvalue weighted by Crippen LogP contribution is 2.42. The number of tetrazole rings is 1. The largest absolute Gasteiger partial charge is 0.322 e. The maximum absolute atomic E-state index is 11.8. The van der Waals surface area contributed by atoms with Crippen LogP contribution >= 0.6 is 0 Å². The Kier molecular flexibility index (Phi) is 7.30. The Bertz CT molecular complexity index is 1290. The Hall–Kier alpha value is -3.68. The number of aryl methyl sites for hydroxylation is 2. The minimum Gasteiger partial charge on any atom is -0.322 e. The fraction of sp³-hybridized carbons (Fsp3) is 0.429. The second-order valence-electron chi connectivity index (χ2n) is 9.55. The maximum Gasteiger partial charge on any atom is 0.205 e. The lowest BCUT2D eigenvalue weighted by Gasteiger charge is -2.31. The van der Waals surface area contributed by atoms with E-state index in [2.05, 4.69) is 74.5 Å². The molecule has 0 amide bonds. The van der Waals surface area contributed by atoms with Crippen LogP contribution in [0.4, 0.5) is 0 Å². The van der Waals surface area contributed by atoms with Crippen molar-refractivity contribution >= 4 is 0 Å². The molecule has 4 aromatic rings. The average Bonchev–Trinajstić information content (AvgIpc) is 3.59. The summed E-state index contributed by atoms with van der Waals surface area (Å²) in [6.45, 7) is 4.40. The number of rotatable bonds is 10. The van der Waals surface area contributed by atoms with Gasteiger partial charge in [-0.1, -0.05) is 80.4 Å². The van der Waals surface area contributed by atoms with E-state index in [-0.39, 0.29) is 12.1 Å². The van der Waals surface area contributed by atoms with Crippen LogP contribution in [-0.4, -0.2) is 30.2 Å². The van der Waals surface area contributed by atoms with Gasteiger partial charge in [0.2, 0.25) is 5.82 Å². The minimum absolute atomic E-state index is 0.161. The molecule has 0 aliphatic carbocycles. The molecule has 0 saturated heterocycles. The molecule has 2 aromatic heterocycles. The van der Waals surface area contributed by atoms with E-state index >= 15 is 0 Å². The van der Waals surface area contributed by atoms with Crippen LogP contribution in [0, 0.1) is 4.91 Å². The first-order valence-corrected chi connectivity index (χ1v) is 13.1. The van der Waals surface area contributed by atoms with Gasteiger partial charge in [0.05, 0.1) is 17.4 Å². The summed E-state index contributed by atoms with van der Waals surface area (Å²) in [5.74, 6) is 1.68. The Morgan fingerprint density at radius 1 is 0.972 bits per heavy atom. The third-order valence-electron chi connectivity index (χ3n) is 7.21. The van der Waals surface area contributed by atoms with Crippen molar-refractivity contribution in [3.63, 3.8) is 0 Å². The number of benzene rings is 2. The van der Waals surface area contributed by atoms with Gasteiger partial charge in [-0.3, -0.25) is 0 Å². The summed E-state index contributed by atoms with van der Waals surface area (Å²) in [5.41, 5.74) is 6.46. The van der Waals surface area contributed by atoms with Gasteiger partial charge in [-0.05, 0) is 54.0 Å². The van der Waals surface area contributed by atoms with Crippen LogP contribution in [0.2, 0.25) is 0 Å². The van der Waals surface area contributed by atoms with Crippen molar-refractivity contribution in [3.8, 4) is 22.5 Å². The summed E-state index contributed by atoms with van der Waals surface area (Å²) < 4.78 is 2.36. The molecule has 2 aromatic carbocycles. The van der Waals surface area contributed by atoms with Crippen molar-refractivity contribution in [2.24, 2.45) is 5.18 Å². The van der Waals surface area contributed by atoms with Crippen LogP contribution in [0.3, 0.4) is 0 Å². The Labute approximate surface area is 211 Å². The summed E-state index contributed by atoms with van der Waals surface area (Å²) in [7, 11) is 0. The molecule has 0 fully saturated rings. The zero-order chi connectivity index (χ0) is 24.9. The third-order valence-corrected chi connectivity index (χ3v) is 7.21. The standard InChI is InChI=1S/C28H33N7O/c1-3-5-11-23-27-24(32-36)17-18-25(35(27)26(29-23)12-6-4-2)20-15-13-19(14-16-20)21-9-7-8-10-22(21)28-30-33-34-31-28/h7-10,13-16,24-25H,3-6,11-12,17-18H2,1-2H3,(H,30,31,33,34). The van der Waals surface area contributed by atoms with E-state index in [1.807, 2.05) is 18.2 Å². The topological polar surface area (TPSA) is 102 Å². The van der Waals surface area contributed by atoms with Crippen molar-refractivity contribution in [1.29, 1.82) is 0 Å². The van der Waals surface area contributed by atoms with Crippen molar-refractivity contribution in [1.82, 2.24) is 30.2 Å². The van der Waals surface area contributed by atoms with Crippen molar-refractivity contribution in [2.75, 3.05) is 0 Å². The van der Waals surface area contributed by atoms with Crippen LogP contribution in [-0.2, 0) is 12.8 Å². The molecule has 5 rings (SSSR count). The van der Waals surface area contributed by atoms with Gasteiger partial charge >= 0.3 is 0 Å². The molecule has 8 heteroatoms. The highest BCUT2D eigenvalue weighted by Gasteiger charge is 2.34. The number of aromatic amines is 1.